The van der Waals surface area contributed by atoms with Crippen LogP contribution in [0.15, 0.2) is 45.3 Å². The van der Waals surface area contributed by atoms with Gasteiger partial charge in [-0.2, -0.15) is 0 Å². The van der Waals surface area contributed by atoms with Gasteiger partial charge in [0.25, 0.3) is 0 Å². The van der Waals surface area contributed by atoms with Gasteiger partial charge in [-0.15, -0.1) is 0 Å². The van der Waals surface area contributed by atoms with Crippen LogP contribution in [0.25, 0.3) is 11.3 Å². The van der Waals surface area contributed by atoms with Gasteiger partial charge in [-0.05, 0) is 42.5 Å². The van der Waals surface area contributed by atoms with Crippen LogP contribution in [0.1, 0.15) is 57.6 Å². The Balaban J connectivity index is 1.42. The van der Waals surface area contributed by atoms with Crippen LogP contribution in [-0.2, 0) is 6.42 Å². The molecule has 0 unspecified atom stereocenters. The number of halogens is 1. The summed E-state index contributed by atoms with van der Waals surface area (Å²) in [6.07, 6.45) is 10.9. The fraction of sp³-hybridized carbons (Fsp3) is 0.524. The molecule has 2 aromatic rings. The summed E-state index contributed by atoms with van der Waals surface area (Å²) in [5.41, 5.74) is 1.15. The first-order valence-electron chi connectivity index (χ1n) is 9.05. The fourth-order valence-corrected chi connectivity index (χ4v) is 3.90. The summed E-state index contributed by atoms with van der Waals surface area (Å²) in [7, 11) is 0. The maximum atomic E-state index is 6.00. The molecule has 1 aromatic heterocycles. The molecule has 23 heavy (non-hydrogen) atoms. The monoisotopic (exact) mass is 374 g/mol. The molecule has 0 atom stereocenters. The number of hydrogen-bond acceptors (Lipinski definition) is 1. The Kier molecular flexibility index (Phi) is 5.99. The number of furan rings is 1. The van der Waals surface area contributed by atoms with Crippen molar-refractivity contribution >= 4 is 15.9 Å². The Morgan fingerprint density at radius 1 is 0.957 bits per heavy atom. The van der Waals surface area contributed by atoms with Crippen molar-refractivity contribution in [2.75, 3.05) is 0 Å². The van der Waals surface area contributed by atoms with Gasteiger partial charge in [0, 0.05) is 16.5 Å². The summed E-state index contributed by atoms with van der Waals surface area (Å²) >= 11 is 3.47. The van der Waals surface area contributed by atoms with E-state index in [1.165, 1.54) is 44.9 Å². The van der Waals surface area contributed by atoms with E-state index >= 15 is 0 Å². The number of benzene rings is 1. The highest BCUT2D eigenvalue weighted by atomic mass is 79.9. The van der Waals surface area contributed by atoms with Gasteiger partial charge >= 0.3 is 0 Å². The van der Waals surface area contributed by atoms with Gasteiger partial charge in [-0.25, -0.2) is 0 Å². The summed E-state index contributed by atoms with van der Waals surface area (Å²) in [6, 6.07) is 12.5. The molecule has 1 saturated carbocycles. The van der Waals surface area contributed by atoms with Gasteiger partial charge in [0.15, 0.2) is 0 Å². The van der Waals surface area contributed by atoms with Crippen LogP contribution >= 0.6 is 15.9 Å². The van der Waals surface area contributed by atoms with Crippen LogP contribution in [0.5, 0.6) is 0 Å². The molecule has 0 bridgehead atoms. The van der Waals surface area contributed by atoms with Crippen molar-refractivity contribution in [2.24, 2.45) is 11.8 Å². The first-order valence-corrected chi connectivity index (χ1v) is 9.84. The van der Waals surface area contributed by atoms with Crippen LogP contribution in [0.2, 0.25) is 0 Å². The van der Waals surface area contributed by atoms with E-state index in [2.05, 4.69) is 59.3 Å². The predicted octanol–water partition coefficient (Wildman–Crippen LogP) is 7.25. The molecule has 1 nitrogen and oxygen atoms in total. The van der Waals surface area contributed by atoms with E-state index in [9.17, 15) is 0 Å². The van der Waals surface area contributed by atoms with E-state index in [1.807, 2.05) is 0 Å². The summed E-state index contributed by atoms with van der Waals surface area (Å²) in [6.45, 7) is 2.40. The van der Waals surface area contributed by atoms with Crippen LogP contribution in [0.3, 0.4) is 0 Å². The normalized spacial score (nSPS) is 21.5. The van der Waals surface area contributed by atoms with Crippen LogP contribution < -0.4 is 0 Å². The third-order valence-electron chi connectivity index (χ3n) is 5.21. The predicted molar refractivity (Wildman–Crippen MR) is 101 cm³/mol. The van der Waals surface area contributed by atoms with Crippen molar-refractivity contribution in [3.63, 3.8) is 0 Å². The van der Waals surface area contributed by atoms with Crippen molar-refractivity contribution in [2.45, 2.75) is 58.3 Å². The minimum absolute atomic E-state index is 0.964. The minimum atomic E-state index is 0.964. The maximum Gasteiger partial charge on any atom is 0.134 e. The van der Waals surface area contributed by atoms with E-state index in [4.69, 9.17) is 4.42 Å². The molecule has 1 aliphatic carbocycles. The first-order chi connectivity index (χ1) is 11.2. The third-order valence-corrected chi connectivity index (χ3v) is 5.74. The van der Waals surface area contributed by atoms with Crippen LogP contribution in [0, 0.1) is 11.8 Å². The van der Waals surface area contributed by atoms with E-state index in [0.717, 1.165) is 39.8 Å². The van der Waals surface area contributed by atoms with Crippen LogP contribution in [0.4, 0.5) is 0 Å². The Morgan fingerprint density at radius 3 is 2.43 bits per heavy atom. The number of hydrogen-bond donors (Lipinski definition) is 0. The fourth-order valence-electron chi connectivity index (χ4n) is 3.63. The first kappa shape index (κ1) is 16.8. The van der Waals surface area contributed by atoms with Gasteiger partial charge in [0.1, 0.15) is 11.5 Å². The van der Waals surface area contributed by atoms with Gasteiger partial charge < -0.3 is 4.42 Å². The third kappa shape index (κ3) is 4.97. The molecule has 0 spiro atoms. The molecule has 0 saturated heterocycles. The zero-order chi connectivity index (χ0) is 16.1. The highest BCUT2D eigenvalue weighted by molar-refractivity contribution is 9.10. The quantitative estimate of drug-likeness (QED) is 0.485. The molecule has 0 amide bonds. The molecular formula is C21H27BrO. The molecule has 0 aliphatic heterocycles. The Labute approximate surface area is 148 Å². The Morgan fingerprint density at radius 2 is 1.70 bits per heavy atom. The van der Waals surface area contributed by atoms with Crippen molar-refractivity contribution in [1.82, 2.24) is 0 Å². The highest BCUT2D eigenvalue weighted by Gasteiger charge is 2.17. The molecule has 1 aliphatic rings. The van der Waals surface area contributed by atoms with Gasteiger partial charge in [0.2, 0.25) is 0 Å². The topological polar surface area (TPSA) is 13.1 Å². The number of rotatable bonds is 6. The van der Waals surface area contributed by atoms with Gasteiger partial charge in [-0.3, -0.25) is 0 Å². The molecule has 0 radical (unpaired) electrons. The summed E-state index contributed by atoms with van der Waals surface area (Å²) in [4.78, 5) is 0. The van der Waals surface area contributed by atoms with Gasteiger partial charge in [0.05, 0.1) is 0 Å². The van der Waals surface area contributed by atoms with Gasteiger partial charge in [-0.1, -0.05) is 73.5 Å². The van der Waals surface area contributed by atoms with Crippen molar-refractivity contribution in [3.05, 3.63) is 46.6 Å². The average molecular weight is 375 g/mol. The van der Waals surface area contributed by atoms with E-state index < -0.39 is 0 Å². The Hall–Kier alpha value is -1.02. The molecule has 1 aromatic carbocycles. The highest BCUT2D eigenvalue weighted by Crippen LogP contribution is 2.31. The number of aryl methyl sites for hydroxylation is 1. The average Bonchev–Trinajstić information content (AvgIpc) is 3.03. The molecule has 2 heteroatoms. The lowest BCUT2D eigenvalue weighted by Crippen LogP contribution is -2.12. The molecule has 124 valence electrons. The van der Waals surface area contributed by atoms with Crippen molar-refractivity contribution in [3.8, 4) is 11.3 Å². The van der Waals surface area contributed by atoms with Crippen molar-refractivity contribution in [1.29, 1.82) is 0 Å². The van der Waals surface area contributed by atoms with E-state index in [0.29, 0.717) is 0 Å². The SMILES string of the molecule is CC1CCC(CCCCc2ccc(-c3ccc(Br)cc3)o2)CC1. The second-order valence-corrected chi connectivity index (χ2v) is 8.06. The second kappa shape index (κ2) is 8.19. The Bertz CT molecular complexity index is 591. The van der Waals surface area contributed by atoms with E-state index in [-0.39, 0.29) is 0 Å². The maximum absolute atomic E-state index is 6.00. The summed E-state index contributed by atoms with van der Waals surface area (Å²) in [5, 5.41) is 0. The lowest BCUT2D eigenvalue weighted by atomic mass is 9.80. The molecule has 3 rings (SSSR count). The largest absolute Gasteiger partial charge is 0.461 e. The van der Waals surface area contributed by atoms with Crippen LogP contribution in [-0.4, -0.2) is 0 Å². The lowest BCUT2D eigenvalue weighted by molar-refractivity contribution is 0.271. The number of unbranched alkanes of at least 4 members (excludes halogenated alkanes) is 1. The minimum Gasteiger partial charge on any atom is -0.461 e. The van der Waals surface area contributed by atoms with E-state index in [1.54, 1.807) is 0 Å². The zero-order valence-electron chi connectivity index (χ0n) is 14.1. The summed E-state index contributed by atoms with van der Waals surface area (Å²) in [5.74, 6) is 4.06. The molecule has 1 fully saturated rings. The smallest absolute Gasteiger partial charge is 0.134 e. The molecule has 1 heterocycles. The molecular weight excluding hydrogens is 348 g/mol. The molecule has 0 N–H and O–H groups in total. The second-order valence-electron chi connectivity index (χ2n) is 7.14. The lowest BCUT2D eigenvalue weighted by Gasteiger charge is -2.25. The zero-order valence-corrected chi connectivity index (χ0v) is 15.6. The van der Waals surface area contributed by atoms with Crippen molar-refractivity contribution < 1.29 is 4.42 Å². The standard InChI is InChI=1S/C21H27BrO/c1-16-6-8-17(9-7-16)4-2-3-5-20-14-15-21(23-20)18-10-12-19(22)13-11-18/h10-17H,2-9H2,1H3. The summed E-state index contributed by atoms with van der Waals surface area (Å²) < 4.78 is 7.10.